The quantitative estimate of drug-likeness (QED) is 0.816. The minimum absolute atomic E-state index is 0.0224. The number of rotatable bonds is 4. The summed E-state index contributed by atoms with van der Waals surface area (Å²) in [6, 6.07) is 3.74. The van der Waals surface area contributed by atoms with E-state index < -0.39 is 0 Å². The average molecular weight is 355 g/mol. The molecule has 1 N–H and O–H groups in total. The topological polar surface area (TPSA) is 72.3 Å². The molecule has 1 atom stereocenters. The number of ether oxygens (including phenoxy) is 1. The molecule has 0 amide bonds. The van der Waals surface area contributed by atoms with Gasteiger partial charge in [0.1, 0.15) is 11.5 Å². The molecule has 0 radical (unpaired) electrons. The Labute approximate surface area is 153 Å². The van der Waals surface area contributed by atoms with Crippen molar-refractivity contribution < 1.29 is 18.7 Å². The third kappa shape index (κ3) is 3.22. The van der Waals surface area contributed by atoms with Crippen LogP contribution in [0.15, 0.2) is 22.8 Å². The molecule has 138 valence electrons. The van der Waals surface area contributed by atoms with E-state index in [1.807, 2.05) is 19.1 Å². The summed E-state index contributed by atoms with van der Waals surface area (Å²) in [5, 5.41) is 0. The summed E-state index contributed by atoms with van der Waals surface area (Å²) in [7, 11) is 0. The number of Topliss-reactive ketones (excluding diaryl/α,β-unsaturated/α-hetero) is 1. The number of fused-ring (bicyclic) bond motifs is 1. The minimum Gasteiger partial charge on any atom is -0.469 e. The first kappa shape index (κ1) is 17.1. The van der Waals surface area contributed by atoms with Crippen LogP contribution in [-0.2, 0) is 11.2 Å². The highest BCUT2D eigenvalue weighted by Gasteiger charge is 2.33. The Hall–Kier alpha value is -2.30. The first-order valence-electron chi connectivity index (χ1n) is 9.58. The summed E-state index contributed by atoms with van der Waals surface area (Å²) in [5.74, 6) is 1.03. The maximum absolute atomic E-state index is 12.6. The lowest BCUT2D eigenvalue weighted by Crippen LogP contribution is -2.18. The van der Waals surface area contributed by atoms with Crippen LogP contribution in [0.2, 0.25) is 0 Å². The molecule has 2 aliphatic carbocycles. The number of hydrogen-bond donors (Lipinski definition) is 1. The fourth-order valence-electron chi connectivity index (χ4n) is 4.38. The molecular formula is C21H25NO4. The lowest BCUT2D eigenvalue weighted by atomic mass is 9.84. The Morgan fingerprint density at radius 2 is 2.08 bits per heavy atom. The molecular weight excluding hydrogens is 330 g/mol. The monoisotopic (exact) mass is 355 g/mol. The number of aromatic amines is 1. The fourth-order valence-corrected chi connectivity index (χ4v) is 4.38. The third-order valence-corrected chi connectivity index (χ3v) is 5.81. The largest absolute Gasteiger partial charge is 0.469 e. The maximum atomic E-state index is 12.6. The van der Waals surface area contributed by atoms with Gasteiger partial charge in [0.15, 0.2) is 5.78 Å². The Balaban J connectivity index is 1.49. The van der Waals surface area contributed by atoms with Crippen molar-refractivity contribution in [3.63, 3.8) is 0 Å². The summed E-state index contributed by atoms with van der Waals surface area (Å²) in [4.78, 5) is 28.4. The van der Waals surface area contributed by atoms with E-state index in [1.54, 1.807) is 6.26 Å². The van der Waals surface area contributed by atoms with Crippen molar-refractivity contribution in [3.05, 3.63) is 46.7 Å². The van der Waals surface area contributed by atoms with Gasteiger partial charge < -0.3 is 14.1 Å². The van der Waals surface area contributed by atoms with Gasteiger partial charge in [-0.05, 0) is 49.8 Å². The number of aromatic nitrogens is 1. The van der Waals surface area contributed by atoms with E-state index in [4.69, 9.17) is 9.15 Å². The molecule has 2 aromatic rings. The van der Waals surface area contributed by atoms with Gasteiger partial charge in [0.2, 0.25) is 0 Å². The van der Waals surface area contributed by atoms with Crippen LogP contribution in [-0.4, -0.2) is 23.3 Å². The van der Waals surface area contributed by atoms with Gasteiger partial charge in [-0.2, -0.15) is 0 Å². The minimum atomic E-state index is -0.343. The lowest BCUT2D eigenvalue weighted by molar-refractivity contribution is 0.0403. The summed E-state index contributed by atoms with van der Waals surface area (Å²) >= 11 is 0. The van der Waals surface area contributed by atoms with E-state index in [9.17, 15) is 9.59 Å². The van der Waals surface area contributed by atoms with Crippen molar-refractivity contribution in [2.75, 3.05) is 6.61 Å². The van der Waals surface area contributed by atoms with Gasteiger partial charge >= 0.3 is 5.97 Å². The van der Waals surface area contributed by atoms with Gasteiger partial charge in [0, 0.05) is 23.6 Å². The molecule has 2 heterocycles. The normalized spacial score (nSPS) is 20.8. The van der Waals surface area contributed by atoms with Crippen molar-refractivity contribution in [2.24, 2.45) is 5.92 Å². The first-order valence-corrected chi connectivity index (χ1v) is 9.58. The van der Waals surface area contributed by atoms with Crippen molar-refractivity contribution in [1.29, 1.82) is 0 Å². The zero-order valence-electron chi connectivity index (χ0n) is 15.2. The standard InChI is InChI=1S/C21H25NO4/c1-13-19-16(10-15(11-17(19)23)18-8-5-9-25-18)22-20(13)21(24)26-12-14-6-3-2-4-7-14/h5,8-9,14-15,22H,2-4,6-7,10-12H2,1H3/t15-/m0/s1. The molecule has 0 unspecified atom stereocenters. The molecule has 5 nitrogen and oxygen atoms in total. The number of furan rings is 1. The van der Waals surface area contributed by atoms with Crippen LogP contribution < -0.4 is 0 Å². The Morgan fingerprint density at radius 1 is 1.27 bits per heavy atom. The second-order valence-corrected chi connectivity index (χ2v) is 7.62. The smallest absolute Gasteiger partial charge is 0.355 e. The predicted molar refractivity (Wildman–Crippen MR) is 96.5 cm³/mol. The van der Waals surface area contributed by atoms with Crippen LogP contribution in [0.3, 0.4) is 0 Å². The van der Waals surface area contributed by atoms with Crippen LogP contribution in [0.1, 0.15) is 82.3 Å². The summed E-state index contributed by atoms with van der Waals surface area (Å²) in [6.45, 7) is 2.31. The highest BCUT2D eigenvalue weighted by Crippen LogP contribution is 2.35. The van der Waals surface area contributed by atoms with Gasteiger partial charge in [-0.15, -0.1) is 0 Å². The average Bonchev–Trinajstić information content (AvgIpc) is 3.29. The molecule has 4 rings (SSSR count). The Morgan fingerprint density at radius 3 is 2.81 bits per heavy atom. The summed E-state index contributed by atoms with van der Waals surface area (Å²) < 4.78 is 11.0. The van der Waals surface area contributed by atoms with E-state index in [-0.39, 0.29) is 17.7 Å². The Bertz CT molecular complexity index is 796. The number of H-pyrrole nitrogens is 1. The van der Waals surface area contributed by atoms with Gasteiger partial charge in [-0.1, -0.05) is 19.3 Å². The number of nitrogens with one attached hydrogen (secondary N) is 1. The van der Waals surface area contributed by atoms with Gasteiger partial charge in [0.05, 0.1) is 12.9 Å². The zero-order valence-corrected chi connectivity index (χ0v) is 15.2. The molecule has 0 aliphatic heterocycles. The highest BCUT2D eigenvalue weighted by molar-refractivity contribution is 6.03. The van der Waals surface area contributed by atoms with Gasteiger partial charge in [-0.25, -0.2) is 4.79 Å². The van der Waals surface area contributed by atoms with E-state index in [0.29, 0.717) is 36.6 Å². The molecule has 2 aromatic heterocycles. The van der Waals surface area contributed by atoms with E-state index in [0.717, 1.165) is 29.9 Å². The van der Waals surface area contributed by atoms with Crippen LogP contribution in [0, 0.1) is 12.8 Å². The van der Waals surface area contributed by atoms with Crippen LogP contribution >= 0.6 is 0 Å². The molecule has 26 heavy (non-hydrogen) atoms. The molecule has 2 aliphatic rings. The third-order valence-electron chi connectivity index (χ3n) is 5.81. The van der Waals surface area contributed by atoms with Crippen molar-refractivity contribution in [1.82, 2.24) is 4.98 Å². The number of hydrogen-bond acceptors (Lipinski definition) is 4. The Kier molecular flexibility index (Phi) is 4.70. The molecule has 5 heteroatoms. The number of carbonyl (C=O) groups excluding carboxylic acids is 2. The fraction of sp³-hybridized carbons (Fsp3) is 0.524. The van der Waals surface area contributed by atoms with Crippen LogP contribution in [0.25, 0.3) is 0 Å². The number of carbonyl (C=O) groups is 2. The second kappa shape index (κ2) is 7.14. The van der Waals surface area contributed by atoms with Crippen molar-refractivity contribution in [2.45, 2.75) is 57.8 Å². The maximum Gasteiger partial charge on any atom is 0.355 e. The van der Waals surface area contributed by atoms with E-state index >= 15 is 0 Å². The first-order chi connectivity index (χ1) is 12.6. The molecule has 0 saturated heterocycles. The zero-order chi connectivity index (χ0) is 18.1. The molecule has 1 fully saturated rings. The van der Waals surface area contributed by atoms with Crippen LogP contribution in [0.4, 0.5) is 0 Å². The van der Waals surface area contributed by atoms with E-state index in [2.05, 4.69) is 4.98 Å². The summed E-state index contributed by atoms with van der Waals surface area (Å²) in [5.41, 5.74) is 2.64. The second-order valence-electron chi connectivity index (χ2n) is 7.62. The number of esters is 1. The lowest BCUT2D eigenvalue weighted by Gasteiger charge is -2.20. The molecule has 1 saturated carbocycles. The number of ketones is 1. The predicted octanol–water partition coefficient (Wildman–Crippen LogP) is 4.57. The molecule has 0 bridgehead atoms. The van der Waals surface area contributed by atoms with E-state index in [1.165, 1.54) is 19.3 Å². The highest BCUT2D eigenvalue weighted by atomic mass is 16.5. The summed E-state index contributed by atoms with van der Waals surface area (Å²) in [6.07, 6.45) is 8.71. The SMILES string of the molecule is Cc1c(C(=O)OCC2CCCCC2)[nH]c2c1C(=O)C[C@@H](c1ccco1)C2. The molecule has 0 spiro atoms. The van der Waals surface area contributed by atoms with Gasteiger partial charge in [-0.3, -0.25) is 4.79 Å². The van der Waals surface area contributed by atoms with Crippen LogP contribution in [0.5, 0.6) is 0 Å². The molecule has 0 aromatic carbocycles. The van der Waals surface area contributed by atoms with Crippen molar-refractivity contribution >= 4 is 11.8 Å². The van der Waals surface area contributed by atoms with Crippen molar-refractivity contribution in [3.8, 4) is 0 Å². The van der Waals surface area contributed by atoms with Gasteiger partial charge in [0.25, 0.3) is 0 Å².